The molecule has 1 heterocycles. The standard InChI is InChI=1S/C20H20ClN3O/c1-2-3-4-14-5-11-17(12-6-14)22-20(25)19-13-18(23-24-19)15-7-9-16(21)10-8-15/h5-13H,2-4H2,1H3,(H,22,25)(H,23,24). The molecular formula is C20H20ClN3O. The van der Waals surface area contributed by atoms with Gasteiger partial charge in [-0.05, 0) is 48.7 Å². The lowest BCUT2D eigenvalue weighted by Crippen LogP contribution is -2.12. The summed E-state index contributed by atoms with van der Waals surface area (Å²) in [6.07, 6.45) is 3.41. The number of hydrogen-bond donors (Lipinski definition) is 2. The number of nitrogens with zero attached hydrogens (tertiary/aromatic N) is 1. The summed E-state index contributed by atoms with van der Waals surface area (Å²) in [4.78, 5) is 12.4. The minimum absolute atomic E-state index is 0.214. The van der Waals surface area contributed by atoms with Gasteiger partial charge in [0.2, 0.25) is 0 Å². The van der Waals surface area contributed by atoms with Gasteiger partial charge in [-0.15, -0.1) is 0 Å². The molecule has 0 unspecified atom stereocenters. The summed E-state index contributed by atoms with van der Waals surface area (Å²) in [7, 11) is 0. The molecule has 2 aromatic carbocycles. The molecule has 0 aliphatic heterocycles. The van der Waals surface area contributed by atoms with Gasteiger partial charge in [0.15, 0.2) is 0 Å². The molecule has 0 aliphatic carbocycles. The number of halogens is 1. The summed E-state index contributed by atoms with van der Waals surface area (Å²) < 4.78 is 0. The van der Waals surface area contributed by atoms with Gasteiger partial charge < -0.3 is 5.32 Å². The Balaban J connectivity index is 1.66. The zero-order chi connectivity index (χ0) is 17.6. The lowest BCUT2D eigenvalue weighted by Gasteiger charge is -2.05. The summed E-state index contributed by atoms with van der Waals surface area (Å²) in [5.74, 6) is -0.214. The summed E-state index contributed by atoms with van der Waals surface area (Å²) in [6, 6.07) is 17.0. The van der Waals surface area contributed by atoms with E-state index in [9.17, 15) is 4.79 Å². The first kappa shape index (κ1) is 17.2. The number of anilines is 1. The lowest BCUT2D eigenvalue weighted by molar-refractivity contribution is 0.102. The quantitative estimate of drug-likeness (QED) is 0.629. The average molecular weight is 354 g/mol. The first-order valence-electron chi connectivity index (χ1n) is 8.37. The van der Waals surface area contributed by atoms with Crippen molar-refractivity contribution in [3.05, 3.63) is 70.9 Å². The Morgan fingerprint density at radius 1 is 1.12 bits per heavy atom. The van der Waals surface area contributed by atoms with Gasteiger partial charge in [0, 0.05) is 16.3 Å². The number of carbonyl (C=O) groups is 1. The van der Waals surface area contributed by atoms with E-state index in [1.165, 1.54) is 18.4 Å². The van der Waals surface area contributed by atoms with Gasteiger partial charge in [0.1, 0.15) is 5.69 Å². The zero-order valence-corrected chi connectivity index (χ0v) is 14.8. The van der Waals surface area contributed by atoms with E-state index in [2.05, 4.69) is 34.6 Å². The van der Waals surface area contributed by atoms with Crippen LogP contribution >= 0.6 is 11.6 Å². The topological polar surface area (TPSA) is 57.8 Å². The van der Waals surface area contributed by atoms with E-state index in [-0.39, 0.29) is 5.91 Å². The van der Waals surface area contributed by atoms with Crippen molar-refractivity contribution in [2.45, 2.75) is 26.2 Å². The van der Waals surface area contributed by atoms with Crippen molar-refractivity contribution in [2.75, 3.05) is 5.32 Å². The molecule has 2 N–H and O–H groups in total. The van der Waals surface area contributed by atoms with Crippen LogP contribution in [-0.4, -0.2) is 16.1 Å². The maximum atomic E-state index is 12.4. The number of H-pyrrole nitrogens is 1. The molecule has 0 fully saturated rings. The van der Waals surface area contributed by atoms with Gasteiger partial charge in [-0.2, -0.15) is 5.10 Å². The molecule has 4 nitrogen and oxygen atoms in total. The number of benzene rings is 2. The van der Waals surface area contributed by atoms with Crippen LogP contribution < -0.4 is 5.32 Å². The Morgan fingerprint density at radius 3 is 2.52 bits per heavy atom. The number of carbonyl (C=O) groups excluding carboxylic acids is 1. The number of amides is 1. The van der Waals surface area contributed by atoms with Crippen molar-refractivity contribution < 1.29 is 4.79 Å². The SMILES string of the molecule is CCCCc1ccc(NC(=O)c2cc(-c3ccc(Cl)cc3)n[nH]2)cc1. The van der Waals surface area contributed by atoms with Gasteiger partial charge >= 0.3 is 0 Å². The number of nitrogens with one attached hydrogen (secondary N) is 2. The first-order valence-corrected chi connectivity index (χ1v) is 8.75. The molecule has 3 aromatic rings. The van der Waals surface area contributed by atoms with Crippen molar-refractivity contribution in [1.82, 2.24) is 10.2 Å². The fraction of sp³-hybridized carbons (Fsp3) is 0.200. The predicted octanol–water partition coefficient (Wildman–Crippen LogP) is 5.33. The molecule has 0 saturated carbocycles. The third kappa shape index (κ3) is 4.48. The van der Waals surface area contributed by atoms with E-state index in [1.54, 1.807) is 18.2 Å². The maximum Gasteiger partial charge on any atom is 0.273 e. The molecule has 0 saturated heterocycles. The summed E-state index contributed by atoms with van der Waals surface area (Å²) in [5.41, 5.74) is 4.08. The highest BCUT2D eigenvalue weighted by Crippen LogP contribution is 2.20. The van der Waals surface area contributed by atoms with Crippen LogP contribution in [0.1, 0.15) is 35.8 Å². The van der Waals surface area contributed by atoms with Crippen LogP contribution in [0, 0.1) is 0 Å². The Kier molecular flexibility index (Phi) is 5.51. The van der Waals surface area contributed by atoms with Gasteiger partial charge in [0.05, 0.1) is 5.69 Å². The molecule has 3 rings (SSSR count). The highest BCUT2D eigenvalue weighted by atomic mass is 35.5. The van der Waals surface area contributed by atoms with Crippen LogP contribution in [0.2, 0.25) is 5.02 Å². The number of unbranched alkanes of at least 4 members (excludes halogenated alkanes) is 1. The number of rotatable bonds is 6. The van der Waals surface area contributed by atoms with Crippen LogP contribution in [0.4, 0.5) is 5.69 Å². The molecule has 5 heteroatoms. The minimum Gasteiger partial charge on any atom is -0.321 e. The lowest BCUT2D eigenvalue weighted by atomic mass is 10.1. The van der Waals surface area contributed by atoms with Crippen LogP contribution in [-0.2, 0) is 6.42 Å². The van der Waals surface area contributed by atoms with Crippen LogP contribution in [0.5, 0.6) is 0 Å². The minimum atomic E-state index is -0.214. The van der Waals surface area contributed by atoms with E-state index < -0.39 is 0 Å². The van der Waals surface area contributed by atoms with E-state index in [0.717, 1.165) is 17.7 Å². The summed E-state index contributed by atoms with van der Waals surface area (Å²) in [5, 5.41) is 10.5. The first-order chi connectivity index (χ1) is 12.2. The monoisotopic (exact) mass is 353 g/mol. The molecule has 0 bridgehead atoms. The number of aromatic nitrogens is 2. The molecule has 0 spiro atoms. The van der Waals surface area contributed by atoms with E-state index >= 15 is 0 Å². The fourth-order valence-corrected chi connectivity index (χ4v) is 2.67. The van der Waals surface area contributed by atoms with Crippen molar-refractivity contribution in [1.29, 1.82) is 0 Å². The molecule has 25 heavy (non-hydrogen) atoms. The van der Waals surface area contributed by atoms with E-state index in [0.29, 0.717) is 16.4 Å². The van der Waals surface area contributed by atoms with Crippen LogP contribution in [0.15, 0.2) is 54.6 Å². The molecule has 1 aromatic heterocycles. The Labute approximate surface area is 152 Å². The third-order valence-electron chi connectivity index (χ3n) is 3.99. The summed E-state index contributed by atoms with van der Waals surface area (Å²) >= 11 is 5.89. The van der Waals surface area contributed by atoms with Gasteiger partial charge in [0.25, 0.3) is 5.91 Å². The molecule has 0 atom stereocenters. The zero-order valence-electron chi connectivity index (χ0n) is 14.1. The third-order valence-corrected chi connectivity index (χ3v) is 4.25. The van der Waals surface area contributed by atoms with Crippen LogP contribution in [0.25, 0.3) is 11.3 Å². The Hall–Kier alpha value is -2.59. The van der Waals surface area contributed by atoms with Crippen molar-refractivity contribution in [3.63, 3.8) is 0 Å². The Morgan fingerprint density at radius 2 is 1.84 bits per heavy atom. The van der Waals surface area contributed by atoms with E-state index in [1.807, 2.05) is 24.3 Å². The highest BCUT2D eigenvalue weighted by Gasteiger charge is 2.11. The predicted molar refractivity (Wildman–Crippen MR) is 102 cm³/mol. The molecule has 128 valence electrons. The second kappa shape index (κ2) is 7.99. The molecule has 0 aliphatic rings. The average Bonchev–Trinajstić information content (AvgIpc) is 3.12. The second-order valence-corrected chi connectivity index (χ2v) is 6.36. The van der Waals surface area contributed by atoms with Crippen LogP contribution in [0.3, 0.4) is 0 Å². The highest BCUT2D eigenvalue weighted by molar-refractivity contribution is 6.30. The van der Waals surface area contributed by atoms with E-state index in [4.69, 9.17) is 11.6 Å². The second-order valence-electron chi connectivity index (χ2n) is 5.93. The normalized spacial score (nSPS) is 10.6. The largest absolute Gasteiger partial charge is 0.321 e. The molecule has 0 radical (unpaired) electrons. The number of aromatic amines is 1. The molecule has 1 amide bonds. The van der Waals surface area contributed by atoms with Crippen molar-refractivity contribution >= 4 is 23.2 Å². The van der Waals surface area contributed by atoms with Gasteiger partial charge in [-0.1, -0.05) is 49.2 Å². The fourth-order valence-electron chi connectivity index (χ4n) is 2.54. The Bertz CT molecular complexity index is 838. The van der Waals surface area contributed by atoms with Crippen molar-refractivity contribution in [3.8, 4) is 11.3 Å². The molecular weight excluding hydrogens is 334 g/mol. The van der Waals surface area contributed by atoms with Gasteiger partial charge in [-0.25, -0.2) is 0 Å². The van der Waals surface area contributed by atoms with Crippen molar-refractivity contribution in [2.24, 2.45) is 0 Å². The summed E-state index contributed by atoms with van der Waals surface area (Å²) in [6.45, 7) is 2.18. The smallest absolute Gasteiger partial charge is 0.273 e. The number of aryl methyl sites for hydroxylation is 1. The van der Waals surface area contributed by atoms with Gasteiger partial charge in [-0.3, -0.25) is 9.89 Å². The maximum absolute atomic E-state index is 12.4. The number of hydrogen-bond acceptors (Lipinski definition) is 2.